The summed E-state index contributed by atoms with van der Waals surface area (Å²) in [5.41, 5.74) is 7.10. The van der Waals surface area contributed by atoms with Gasteiger partial charge >= 0.3 is 0 Å². The molecule has 1 unspecified atom stereocenters. The van der Waals surface area contributed by atoms with E-state index in [4.69, 9.17) is 15.1 Å². The number of hydrogen-bond acceptors (Lipinski definition) is 4. The summed E-state index contributed by atoms with van der Waals surface area (Å²) < 4.78 is 5.38. The summed E-state index contributed by atoms with van der Waals surface area (Å²) in [6, 6.07) is 3.90. The third-order valence-corrected chi connectivity index (χ3v) is 3.96. The third kappa shape index (κ3) is 3.00. The maximum Gasteiger partial charge on any atom is 0.104 e. The topological polar surface area (TPSA) is 52.0 Å². The molecular weight excluding hydrogens is 244 g/mol. The first-order valence-electron chi connectivity index (χ1n) is 6.19. The summed E-state index contributed by atoms with van der Waals surface area (Å²) in [5.74, 6) is 1.22. The minimum atomic E-state index is 0.0958. The first kappa shape index (κ1) is 13.3. The molecule has 2 heterocycles. The summed E-state index contributed by atoms with van der Waals surface area (Å²) in [7, 11) is 0. The highest BCUT2D eigenvalue weighted by Gasteiger charge is 2.21. The van der Waals surface area contributed by atoms with Crippen molar-refractivity contribution in [1.82, 2.24) is 4.98 Å². The first-order valence-corrected chi connectivity index (χ1v) is 7.07. The molecule has 0 aliphatic heterocycles. The highest BCUT2D eigenvalue weighted by atomic mass is 32.1. The SMILES string of the molecule is CC(C)(C)c1csc(C(CN)Cc2ccco2)n1. The minimum absolute atomic E-state index is 0.0958. The number of hydrogen-bond donors (Lipinski definition) is 1. The van der Waals surface area contributed by atoms with Gasteiger partial charge in [-0.25, -0.2) is 4.98 Å². The average molecular weight is 264 g/mol. The molecule has 0 amide bonds. The van der Waals surface area contributed by atoms with Gasteiger partial charge in [-0.2, -0.15) is 0 Å². The molecule has 0 saturated heterocycles. The van der Waals surface area contributed by atoms with E-state index in [1.165, 1.54) is 0 Å². The number of rotatable bonds is 4. The van der Waals surface area contributed by atoms with Crippen LogP contribution in [-0.4, -0.2) is 11.5 Å². The van der Waals surface area contributed by atoms with Crippen LogP contribution in [0.1, 0.15) is 43.2 Å². The van der Waals surface area contributed by atoms with Crippen molar-refractivity contribution in [2.45, 2.75) is 38.5 Å². The second-order valence-corrected chi connectivity index (χ2v) is 6.43. The number of nitrogens with zero attached hydrogens (tertiary/aromatic N) is 1. The molecule has 3 nitrogen and oxygen atoms in total. The summed E-state index contributed by atoms with van der Waals surface area (Å²) in [6.07, 6.45) is 2.52. The van der Waals surface area contributed by atoms with Gasteiger partial charge in [-0.05, 0) is 12.1 Å². The Bertz CT molecular complexity index is 482. The van der Waals surface area contributed by atoms with Crippen molar-refractivity contribution in [1.29, 1.82) is 0 Å². The van der Waals surface area contributed by atoms with Gasteiger partial charge in [0.25, 0.3) is 0 Å². The second-order valence-electron chi connectivity index (χ2n) is 5.54. The van der Waals surface area contributed by atoms with Crippen molar-refractivity contribution in [3.8, 4) is 0 Å². The van der Waals surface area contributed by atoms with Crippen LogP contribution >= 0.6 is 11.3 Å². The van der Waals surface area contributed by atoms with Crippen LogP contribution in [0.15, 0.2) is 28.2 Å². The molecule has 2 aromatic heterocycles. The quantitative estimate of drug-likeness (QED) is 0.921. The molecule has 0 aromatic carbocycles. The minimum Gasteiger partial charge on any atom is -0.469 e. The van der Waals surface area contributed by atoms with Gasteiger partial charge in [0.15, 0.2) is 0 Å². The van der Waals surface area contributed by atoms with Gasteiger partial charge < -0.3 is 10.2 Å². The molecule has 0 radical (unpaired) electrons. The van der Waals surface area contributed by atoms with Gasteiger partial charge in [0.05, 0.1) is 17.0 Å². The molecule has 0 bridgehead atoms. The Kier molecular flexibility index (Phi) is 3.88. The van der Waals surface area contributed by atoms with E-state index in [0.29, 0.717) is 6.54 Å². The predicted molar refractivity (Wildman–Crippen MR) is 75.0 cm³/mol. The van der Waals surface area contributed by atoms with Crippen molar-refractivity contribution < 1.29 is 4.42 Å². The van der Waals surface area contributed by atoms with Crippen molar-refractivity contribution in [3.05, 3.63) is 40.2 Å². The van der Waals surface area contributed by atoms with E-state index in [0.717, 1.165) is 22.9 Å². The van der Waals surface area contributed by atoms with E-state index in [9.17, 15) is 0 Å². The Labute approximate surface area is 112 Å². The average Bonchev–Trinajstić information content (AvgIpc) is 2.95. The van der Waals surface area contributed by atoms with E-state index in [1.807, 2.05) is 12.1 Å². The Balaban J connectivity index is 2.15. The Morgan fingerprint density at radius 3 is 2.72 bits per heavy atom. The zero-order chi connectivity index (χ0) is 13.2. The van der Waals surface area contributed by atoms with Gasteiger partial charge in [0.1, 0.15) is 5.76 Å². The molecule has 2 rings (SSSR count). The number of thiazole rings is 1. The molecule has 0 aliphatic rings. The number of nitrogens with two attached hydrogens (primary N) is 1. The third-order valence-electron chi connectivity index (χ3n) is 2.95. The molecule has 1 atom stereocenters. The lowest BCUT2D eigenvalue weighted by molar-refractivity contribution is 0.485. The van der Waals surface area contributed by atoms with Crippen LogP contribution in [0.25, 0.3) is 0 Å². The molecule has 0 saturated carbocycles. The molecule has 0 fully saturated rings. The zero-order valence-corrected chi connectivity index (χ0v) is 12.0. The summed E-state index contributed by atoms with van der Waals surface area (Å²) in [4.78, 5) is 4.73. The lowest BCUT2D eigenvalue weighted by Crippen LogP contribution is -2.16. The molecule has 0 aliphatic carbocycles. The van der Waals surface area contributed by atoms with Crippen molar-refractivity contribution in [2.24, 2.45) is 5.73 Å². The fourth-order valence-electron chi connectivity index (χ4n) is 1.76. The predicted octanol–water partition coefficient (Wildman–Crippen LogP) is 3.32. The highest BCUT2D eigenvalue weighted by Crippen LogP contribution is 2.29. The zero-order valence-electron chi connectivity index (χ0n) is 11.1. The maximum atomic E-state index is 5.86. The molecule has 2 N–H and O–H groups in total. The Morgan fingerprint density at radius 1 is 1.44 bits per heavy atom. The standard InChI is InChI=1S/C14H20N2OS/c1-14(2,3)12-9-18-13(16-12)10(8-15)7-11-5-4-6-17-11/h4-6,9-10H,7-8,15H2,1-3H3. The fourth-order valence-corrected chi connectivity index (χ4v) is 2.92. The first-order chi connectivity index (χ1) is 8.50. The van der Waals surface area contributed by atoms with Crippen molar-refractivity contribution in [3.63, 3.8) is 0 Å². The van der Waals surface area contributed by atoms with E-state index < -0.39 is 0 Å². The van der Waals surface area contributed by atoms with Gasteiger partial charge in [-0.1, -0.05) is 20.8 Å². The fraction of sp³-hybridized carbons (Fsp3) is 0.500. The van der Waals surface area contributed by atoms with E-state index in [1.54, 1.807) is 17.6 Å². The van der Waals surface area contributed by atoms with Crippen LogP contribution < -0.4 is 5.73 Å². The van der Waals surface area contributed by atoms with E-state index in [2.05, 4.69) is 26.2 Å². The van der Waals surface area contributed by atoms with Crippen LogP contribution in [0.2, 0.25) is 0 Å². The number of furan rings is 1. The smallest absolute Gasteiger partial charge is 0.104 e. The monoisotopic (exact) mass is 264 g/mol. The summed E-state index contributed by atoms with van der Waals surface area (Å²) >= 11 is 1.70. The maximum absolute atomic E-state index is 5.86. The van der Waals surface area contributed by atoms with Gasteiger partial charge in [0.2, 0.25) is 0 Å². The van der Waals surface area contributed by atoms with Gasteiger partial charge in [0, 0.05) is 29.7 Å². The van der Waals surface area contributed by atoms with Gasteiger partial charge in [-0.15, -0.1) is 11.3 Å². The molecule has 0 spiro atoms. The van der Waals surface area contributed by atoms with Crippen LogP contribution in [0.3, 0.4) is 0 Å². The van der Waals surface area contributed by atoms with Crippen LogP contribution in [0, 0.1) is 0 Å². The molecule has 98 valence electrons. The second kappa shape index (κ2) is 5.24. The van der Waals surface area contributed by atoms with E-state index in [-0.39, 0.29) is 11.3 Å². The normalized spacial score (nSPS) is 13.8. The largest absolute Gasteiger partial charge is 0.469 e. The van der Waals surface area contributed by atoms with Crippen molar-refractivity contribution >= 4 is 11.3 Å². The lowest BCUT2D eigenvalue weighted by Gasteiger charge is -2.15. The summed E-state index contributed by atoms with van der Waals surface area (Å²) in [5, 5.41) is 3.25. The van der Waals surface area contributed by atoms with Crippen molar-refractivity contribution in [2.75, 3.05) is 6.54 Å². The van der Waals surface area contributed by atoms with Crippen LogP contribution in [-0.2, 0) is 11.8 Å². The molecule has 2 aromatic rings. The van der Waals surface area contributed by atoms with Crippen LogP contribution in [0.4, 0.5) is 0 Å². The van der Waals surface area contributed by atoms with E-state index >= 15 is 0 Å². The van der Waals surface area contributed by atoms with Gasteiger partial charge in [-0.3, -0.25) is 0 Å². The molecular formula is C14H20N2OS. The van der Waals surface area contributed by atoms with Crippen LogP contribution in [0.5, 0.6) is 0 Å². The highest BCUT2D eigenvalue weighted by molar-refractivity contribution is 7.09. The lowest BCUT2D eigenvalue weighted by atomic mass is 9.93. The molecule has 4 heteroatoms. The Morgan fingerprint density at radius 2 is 2.22 bits per heavy atom. The Hall–Kier alpha value is -1.13. The number of aromatic nitrogens is 1. The molecule has 18 heavy (non-hydrogen) atoms. The summed E-state index contributed by atoms with van der Waals surface area (Å²) in [6.45, 7) is 7.12.